The van der Waals surface area contributed by atoms with Crippen molar-refractivity contribution in [2.45, 2.75) is 19.4 Å². The van der Waals surface area contributed by atoms with Gasteiger partial charge in [0.2, 0.25) is 0 Å². The van der Waals surface area contributed by atoms with Crippen LogP contribution in [-0.2, 0) is 4.74 Å². The number of hydrogen-bond donors (Lipinski definition) is 1. The highest BCUT2D eigenvalue weighted by atomic mass is 16.5. The first-order valence-corrected chi connectivity index (χ1v) is 7.31. The van der Waals surface area contributed by atoms with Crippen LogP contribution in [0.1, 0.15) is 19.4 Å². The van der Waals surface area contributed by atoms with Gasteiger partial charge in [0.05, 0.1) is 7.11 Å². The highest BCUT2D eigenvalue weighted by Gasteiger charge is 2.38. The van der Waals surface area contributed by atoms with Crippen molar-refractivity contribution in [1.82, 2.24) is 0 Å². The van der Waals surface area contributed by atoms with E-state index < -0.39 is 5.60 Å². The van der Waals surface area contributed by atoms with E-state index in [0.29, 0.717) is 16.9 Å². The molecule has 1 N–H and O–H groups in total. The van der Waals surface area contributed by atoms with Crippen LogP contribution < -0.4 is 4.74 Å². The lowest BCUT2D eigenvalue weighted by Crippen LogP contribution is -2.20. The maximum atomic E-state index is 10.0. The van der Waals surface area contributed by atoms with Crippen molar-refractivity contribution < 1.29 is 14.6 Å². The molecule has 1 aliphatic rings. The minimum atomic E-state index is -0.891. The summed E-state index contributed by atoms with van der Waals surface area (Å²) >= 11 is 0. The smallest absolute Gasteiger partial charge is 0.172 e. The van der Waals surface area contributed by atoms with Gasteiger partial charge >= 0.3 is 0 Å². The lowest BCUT2D eigenvalue weighted by Gasteiger charge is -2.20. The average molecular weight is 333 g/mol. The first-order valence-electron chi connectivity index (χ1n) is 7.31. The van der Waals surface area contributed by atoms with Crippen molar-refractivity contribution in [3.63, 3.8) is 0 Å². The average Bonchev–Trinajstić information content (AvgIpc) is 2.84. The number of hydrogen-bond acceptors (Lipinski definition) is 6. The van der Waals surface area contributed by atoms with Gasteiger partial charge in [0.15, 0.2) is 11.3 Å². The number of nitriles is 3. The van der Waals surface area contributed by atoms with E-state index in [9.17, 15) is 10.4 Å². The summed E-state index contributed by atoms with van der Waals surface area (Å²) in [5, 5.41) is 37.6. The second kappa shape index (κ2) is 6.83. The summed E-state index contributed by atoms with van der Waals surface area (Å²) < 4.78 is 10.7. The first-order chi connectivity index (χ1) is 11.9. The van der Waals surface area contributed by atoms with E-state index >= 15 is 0 Å². The van der Waals surface area contributed by atoms with E-state index in [0.717, 1.165) is 0 Å². The second-order valence-electron chi connectivity index (χ2n) is 5.70. The van der Waals surface area contributed by atoms with E-state index in [-0.39, 0.29) is 22.7 Å². The van der Waals surface area contributed by atoms with Gasteiger partial charge in [-0.2, -0.15) is 15.8 Å². The lowest BCUT2D eigenvalue weighted by atomic mass is 9.94. The Morgan fingerprint density at radius 3 is 2.40 bits per heavy atom. The SMILES string of the molecule is COc1ccc(/C=C/C2=C(C#N)C(=C(C#N)C#N)OC2(C)C)c(O)c1. The minimum absolute atomic E-state index is 0.0175. The lowest BCUT2D eigenvalue weighted by molar-refractivity contribution is 0.0954. The van der Waals surface area contributed by atoms with Gasteiger partial charge < -0.3 is 14.6 Å². The van der Waals surface area contributed by atoms with Crippen LogP contribution in [0.2, 0.25) is 0 Å². The normalized spacial score (nSPS) is 15.3. The molecule has 0 saturated heterocycles. The van der Waals surface area contributed by atoms with Gasteiger partial charge in [0, 0.05) is 17.2 Å². The number of allylic oxidation sites excluding steroid dienone is 2. The molecule has 0 atom stereocenters. The maximum absolute atomic E-state index is 10.0. The third kappa shape index (κ3) is 3.32. The standard InChI is InChI=1S/C19H15N3O3/c1-19(2)16(15(11-22)18(25-19)13(9-20)10-21)7-5-12-4-6-14(24-3)8-17(12)23/h4-8,23H,1-3H3/b7-5+. The molecule has 25 heavy (non-hydrogen) atoms. The van der Waals surface area contributed by atoms with E-state index in [2.05, 4.69) is 0 Å². The fraction of sp³-hybridized carbons (Fsp3) is 0.211. The molecule has 0 radical (unpaired) electrons. The maximum Gasteiger partial charge on any atom is 0.172 e. The van der Waals surface area contributed by atoms with Crippen LogP contribution in [0.4, 0.5) is 0 Å². The largest absolute Gasteiger partial charge is 0.507 e. The highest BCUT2D eigenvalue weighted by Crippen LogP contribution is 2.40. The molecule has 0 fully saturated rings. The molecule has 0 saturated carbocycles. The summed E-state index contributed by atoms with van der Waals surface area (Å²) in [7, 11) is 1.50. The van der Waals surface area contributed by atoms with Crippen molar-refractivity contribution in [3.05, 3.63) is 52.3 Å². The molecule has 6 nitrogen and oxygen atoms in total. The van der Waals surface area contributed by atoms with E-state index in [1.54, 1.807) is 50.3 Å². The topological polar surface area (TPSA) is 110 Å². The Morgan fingerprint density at radius 1 is 1.20 bits per heavy atom. The van der Waals surface area contributed by atoms with Gasteiger partial charge in [-0.1, -0.05) is 12.2 Å². The third-order valence-corrected chi connectivity index (χ3v) is 3.73. The molecule has 0 bridgehead atoms. The summed E-state index contributed by atoms with van der Waals surface area (Å²) in [5.74, 6) is 0.530. The zero-order chi connectivity index (χ0) is 18.6. The number of ether oxygens (including phenoxy) is 2. The summed E-state index contributed by atoms with van der Waals surface area (Å²) in [6.07, 6.45) is 3.27. The van der Waals surface area contributed by atoms with Crippen molar-refractivity contribution in [3.8, 4) is 29.7 Å². The van der Waals surface area contributed by atoms with Gasteiger partial charge in [0.1, 0.15) is 40.9 Å². The molecule has 0 aromatic heterocycles. The summed E-state index contributed by atoms with van der Waals surface area (Å²) in [5.41, 5.74) is 0.0355. The molecule has 0 amide bonds. The number of rotatable bonds is 3. The van der Waals surface area contributed by atoms with E-state index in [4.69, 9.17) is 20.0 Å². The zero-order valence-corrected chi connectivity index (χ0v) is 14.0. The van der Waals surface area contributed by atoms with Crippen molar-refractivity contribution >= 4 is 6.08 Å². The van der Waals surface area contributed by atoms with Crippen molar-refractivity contribution in [2.24, 2.45) is 0 Å². The van der Waals surface area contributed by atoms with Crippen LogP contribution in [0.3, 0.4) is 0 Å². The number of phenolic OH excluding ortho intramolecular Hbond substituents is 1. The van der Waals surface area contributed by atoms with Crippen molar-refractivity contribution in [1.29, 1.82) is 15.8 Å². The quantitative estimate of drug-likeness (QED) is 0.849. The van der Waals surface area contributed by atoms with E-state index in [1.165, 1.54) is 13.2 Å². The molecule has 6 heteroatoms. The number of methoxy groups -OCH3 is 1. The molecule has 0 aliphatic carbocycles. The second-order valence-corrected chi connectivity index (χ2v) is 5.70. The van der Waals surface area contributed by atoms with Crippen LogP contribution in [0.5, 0.6) is 11.5 Å². The van der Waals surface area contributed by atoms with Crippen LogP contribution >= 0.6 is 0 Å². The molecule has 124 valence electrons. The number of benzene rings is 1. The molecule has 1 aliphatic heterocycles. The zero-order valence-electron chi connectivity index (χ0n) is 14.0. The Bertz CT molecular complexity index is 916. The minimum Gasteiger partial charge on any atom is -0.507 e. The van der Waals surface area contributed by atoms with Gasteiger partial charge in [-0.3, -0.25) is 0 Å². The van der Waals surface area contributed by atoms with Crippen LogP contribution in [0.15, 0.2) is 46.8 Å². The fourth-order valence-corrected chi connectivity index (χ4v) is 2.45. The molecule has 0 unspecified atom stereocenters. The molecule has 0 spiro atoms. The molecule has 1 aromatic carbocycles. The fourth-order valence-electron chi connectivity index (χ4n) is 2.45. The Hall–Kier alpha value is -3.69. The van der Waals surface area contributed by atoms with Gasteiger partial charge in [-0.05, 0) is 26.0 Å². The Labute approximate surface area is 145 Å². The van der Waals surface area contributed by atoms with E-state index in [1.807, 2.05) is 6.07 Å². The Morgan fingerprint density at radius 2 is 1.88 bits per heavy atom. The third-order valence-electron chi connectivity index (χ3n) is 3.73. The first kappa shape index (κ1) is 17.7. The molecular weight excluding hydrogens is 318 g/mol. The van der Waals surface area contributed by atoms with Crippen molar-refractivity contribution in [2.75, 3.05) is 7.11 Å². The number of nitrogens with zero attached hydrogens (tertiary/aromatic N) is 3. The van der Waals surface area contributed by atoms with Crippen LogP contribution in [0.25, 0.3) is 6.08 Å². The monoisotopic (exact) mass is 333 g/mol. The van der Waals surface area contributed by atoms with Crippen LogP contribution in [-0.4, -0.2) is 17.8 Å². The molecular formula is C19H15N3O3. The summed E-state index contributed by atoms with van der Waals surface area (Å²) in [6.45, 7) is 3.47. The van der Waals surface area contributed by atoms with Gasteiger partial charge in [0.25, 0.3) is 0 Å². The predicted molar refractivity (Wildman–Crippen MR) is 89.7 cm³/mol. The predicted octanol–water partition coefficient (Wildman–Crippen LogP) is 3.34. The van der Waals surface area contributed by atoms with Crippen LogP contribution in [0, 0.1) is 34.0 Å². The Kier molecular flexibility index (Phi) is 4.82. The number of aromatic hydroxyl groups is 1. The Balaban J connectivity index is 2.54. The van der Waals surface area contributed by atoms with Gasteiger partial charge in [-0.25, -0.2) is 0 Å². The number of phenols is 1. The van der Waals surface area contributed by atoms with Gasteiger partial charge in [-0.15, -0.1) is 0 Å². The molecule has 1 aromatic rings. The summed E-state index contributed by atoms with van der Waals surface area (Å²) in [6, 6.07) is 10.3. The molecule has 2 rings (SSSR count). The molecule has 1 heterocycles. The summed E-state index contributed by atoms with van der Waals surface area (Å²) in [4.78, 5) is 0. The highest BCUT2D eigenvalue weighted by molar-refractivity contribution is 5.66.